The summed E-state index contributed by atoms with van der Waals surface area (Å²) < 4.78 is 5.87. The van der Waals surface area contributed by atoms with Crippen LogP contribution in [0.15, 0.2) is 72.3 Å². The summed E-state index contributed by atoms with van der Waals surface area (Å²) in [7, 11) is 3.76. The Bertz CT molecular complexity index is 1350. The van der Waals surface area contributed by atoms with Crippen LogP contribution in [0.4, 0.5) is 0 Å². The number of aryl methyl sites for hydroxylation is 1. The fourth-order valence-corrected chi connectivity index (χ4v) is 4.59. The smallest absolute Gasteiger partial charge is 0.295 e. The predicted octanol–water partition coefficient (Wildman–Crippen LogP) is 5.86. The molecule has 0 saturated carbocycles. The van der Waals surface area contributed by atoms with Crippen molar-refractivity contribution < 1.29 is 19.4 Å². The van der Waals surface area contributed by atoms with E-state index < -0.39 is 17.7 Å². The molecule has 6 nitrogen and oxygen atoms in total. The standard InChI is InChI=1S/C29H28Cl2N2O4/c1-18-5-4-6-19(15-18)17-37-22-10-7-20(8-11-22)27(34)25-26(21-9-12-23(30)24(31)16-21)33(14-13-32(2)3)29(36)28(25)35/h4-12,15-16,26,34H,13-14,17H2,1-3H3/b27-25+/t26-/m1/s1. The molecular weight excluding hydrogens is 511 g/mol. The van der Waals surface area contributed by atoms with Gasteiger partial charge in [-0.15, -0.1) is 0 Å². The van der Waals surface area contributed by atoms with Crippen molar-refractivity contribution in [3.63, 3.8) is 0 Å². The van der Waals surface area contributed by atoms with Gasteiger partial charge in [0, 0.05) is 18.7 Å². The third-order valence-electron chi connectivity index (χ3n) is 6.20. The van der Waals surface area contributed by atoms with E-state index in [1.807, 2.05) is 44.1 Å². The third kappa shape index (κ3) is 5.99. The van der Waals surface area contributed by atoms with Gasteiger partial charge in [-0.2, -0.15) is 0 Å². The summed E-state index contributed by atoms with van der Waals surface area (Å²) in [5.41, 5.74) is 3.20. The highest BCUT2D eigenvalue weighted by Gasteiger charge is 2.46. The molecule has 3 aromatic rings. The average molecular weight is 539 g/mol. The Hall–Kier alpha value is -3.32. The molecule has 1 aliphatic rings. The monoisotopic (exact) mass is 538 g/mol. The Kier molecular flexibility index (Phi) is 8.22. The van der Waals surface area contributed by atoms with Crippen LogP contribution in [-0.2, 0) is 16.2 Å². The van der Waals surface area contributed by atoms with Gasteiger partial charge in [0.1, 0.15) is 18.1 Å². The number of nitrogens with zero attached hydrogens (tertiary/aromatic N) is 2. The summed E-state index contributed by atoms with van der Waals surface area (Å²) >= 11 is 12.4. The molecule has 1 amide bonds. The van der Waals surface area contributed by atoms with Crippen LogP contribution in [0.1, 0.15) is 28.3 Å². The number of hydrogen-bond acceptors (Lipinski definition) is 5. The second-order valence-corrected chi connectivity index (χ2v) is 10.1. The molecule has 1 N–H and O–H groups in total. The highest BCUT2D eigenvalue weighted by molar-refractivity contribution is 6.46. The lowest BCUT2D eigenvalue weighted by Crippen LogP contribution is -2.35. The molecule has 8 heteroatoms. The second-order valence-electron chi connectivity index (χ2n) is 9.27. The van der Waals surface area contributed by atoms with Crippen molar-refractivity contribution in [2.45, 2.75) is 19.6 Å². The first-order chi connectivity index (χ1) is 17.7. The number of ether oxygens (including phenoxy) is 1. The van der Waals surface area contributed by atoms with Crippen LogP contribution in [0, 0.1) is 6.92 Å². The van der Waals surface area contributed by atoms with Crippen molar-refractivity contribution in [3.8, 4) is 5.75 Å². The number of Topliss-reactive ketones (excluding diaryl/α,β-unsaturated/α-hetero) is 1. The SMILES string of the molecule is Cc1cccc(COc2ccc(/C(O)=C3\C(=O)C(=O)N(CCN(C)C)[C@@H]3c3ccc(Cl)c(Cl)c3)cc2)c1. The van der Waals surface area contributed by atoms with Crippen molar-refractivity contribution >= 4 is 40.7 Å². The van der Waals surface area contributed by atoms with Gasteiger partial charge in [0.15, 0.2) is 0 Å². The second kappa shape index (κ2) is 11.4. The Morgan fingerprint density at radius 1 is 1.00 bits per heavy atom. The molecule has 0 spiro atoms. The molecule has 0 aromatic heterocycles. The van der Waals surface area contributed by atoms with Gasteiger partial charge in [-0.3, -0.25) is 9.59 Å². The van der Waals surface area contributed by atoms with Crippen molar-refractivity contribution in [2.75, 3.05) is 27.2 Å². The number of halogens is 2. The lowest BCUT2D eigenvalue weighted by molar-refractivity contribution is -0.140. The zero-order valence-electron chi connectivity index (χ0n) is 20.9. The number of aliphatic hydroxyl groups is 1. The lowest BCUT2D eigenvalue weighted by Gasteiger charge is -2.26. The minimum absolute atomic E-state index is 0.00979. The van der Waals surface area contributed by atoms with Gasteiger partial charge in [-0.25, -0.2) is 0 Å². The Labute approximate surface area is 226 Å². The fraction of sp³-hybridized carbons (Fsp3) is 0.241. The first kappa shape index (κ1) is 26.7. The molecular formula is C29H28Cl2N2O4. The fourth-order valence-electron chi connectivity index (χ4n) is 4.28. The summed E-state index contributed by atoms with van der Waals surface area (Å²) in [4.78, 5) is 29.6. The van der Waals surface area contributed by atoms with E-state index in [4.69, 9.17) is 27.9 Å². The van der Waals surface area contributed by atoms with Crippen LogP contribution >= 0.6 is 23.2 Å². The first-order valence-electron chi connectivity index (χ1n) is 11.8. The lowest BCUT2D eigenvalue weighted by atomic mass is 9.95. The summed E-state index contributed by atoms with van der Waals surface area (Å²) in [5, 5.41) is 11.9. The summed E-state index contributed by atoms with van der Waals surface area (Å²) in [6.45, 7) is 3.26. The van der Waals surface area contributed by atoms with Crippen LogP contribution in [0.25, 0.3) is 5.76 Å². The van der Waals surface area contributed by atoms with Crippen LogP contribution in [0.2, 0.25) is 10.0 Å². The maximum absolute atomic E-state index is 13.2. The third-order valence-corrected chi connectivity index (χ3v) is 6.94. The number of rotatable bonds is 8. The molecule has 1 fully saturated rings. The summed E-state index contributed by atoms with van der Waals surface area (Å²) in [6.07, 6.45) is 0. The van der Waals surface area contributed by atoms with Gasteiger partial charge in [0.2, 0.25) is 0 Å². The number of ketones is 1. The molecule has 4 rings (SSSR count). The van der Waals surface area contributed by atoms with Crippen molar-refractivity contribution in [1.29, 1.82) is 0 Å². The average Bonchev–Trinajstić information content (AvgIpc) is 3.12. The predicted molar refractivity (Wildman–Crippen MR) is 146 cm³/mol. The van der Waals surface area contributed by atoms with Gasteiger partial charge in [0.05, 0.1) is 21.7 Å². The van der Waals surface area contributed by atoms with Crippen LogP contribution < -0.4 is 4.74 Å². The molecule has 0 unspecified atom stereocenters. The van der Waals surface area contributed by atoms with E-state index >= 15 is 0 Å². The highest BCUT2D eigenvalue weighted by Crippen LogP contribution is 2.41. The van der Waals surface area contributed by atoms with Crippen LogP contribution in [0.5, 0.6) is 5.75 Å². The quantitative estimate of drug-likeness (QED) is 0.221. The maximum atomic E-state index is 13.2. The van der Waals surface area contributed by atoms with Gasteiger partial charge in [0.25, 0.3) is 11.7 Å². The van der Waals surface area contributed by atoms with Gasteiger partial charge < -0.3 is 19.6 Å². The Morgan fingerprint density at radius 2 is 1.73 bits per heavy atom. The number of carbonyl (C=O) groups is 2. The number of amides is 1. The van der Waals surface area contributed by atoms with Crippen LogP contribution in [-0.4, -0.2) is 53.8 Å². The van der Waals surface area contributed by atoms with E-state index in [-0.39, 0.29) is 11.3 Å². The van der Waals surface area contributed by atoms with E-state index in [0.29, 0.717) is 46.6 Å². The molecule has 37 heavy (non-hydrogen) atoms. The van der Waals surface area contributed by atoms with E-state index in [9.17, 15) is 14.7 Å². The number of benzene rings is 3. The van der Waals surface area contributed by atoms with E-state index in [0.717, 1.165) is 11.1 Å². The number of likely N-dealkylation sites (tertiary alicyclic amines) is 1. The topological polar surface area (TPSA) is 70.1 Å². The van der Waals surface area contributed by atoms with E-state index in [1.165, 1.54) is 4.90 Å². The zero-order chi connectivity index (χ0) is 26.7. The molecule has 192 valence electrons. The number of carbonyl (C=O) groups excluding carboxylic acids is 2. The van der Waals surface area contributed by atoms with Gasteiger partial charge in [-0.05, 0) is 68.5 Å². The molecule has 1 atom stereocenters. The minimum atomic E-state index is -0.799. The largest absolute Gasteiger partial charge is 0.507 e. The van der Waals surface area contributed by atoms with Crippen molar-refractivity contribution in [2.24, 2.45) is 0 Å². The van der Waals surface area contributed by atoms with Gasteiger partial charge >= 0.3 is 0 Å². The van der Waals surface area contributed by atoms with Crippen molar-refractivity contribution in [1.82, 2.24) is 9.80 Å². The number of hydrogen-bond donors (Lipinski definition) is 1. The first-order valence-corrected chi connectivity index (χ1v) is 12.6. The normalized spacial score (nSPS) is 17.0. The maximum Gasteiger partial charge on any atom is 0.295 e. The molecule has 0 aliphatic carbocycles. The highest BCUT2D eigenvalue weighted by atomic mass is 35.5. The van der Waals surface area contributed by atoms with E-state index in [1.54, 1.807) is 42.5 Å². The molecule has 1 heterocycles. The van der Waals surface area contributed by atoms with Gasteiger partial charge in [-0.1, -0.05) is 59.1 Å². The minimum Gasteiger partial charge on any atom is -0.507 e. The van der Waals surface area contributed by atoms with Crippen molar-refractivity contribution in [3.05, 3.63) is 105 Å². The Morgan fingerprint density at radius 3 is 2.38 bits per heavy atom. The molecule has 0 bridgehead atoms. The zero-order valence-corrected chi connectivity index (χ0v) is 22.4. The van der Waals surface area contributed by atoms with Crippen LogP contribution in [0.3, 0.4) is 0 Å². The summed E-state index contributed by atoms with van der Waals surface area (Å²) in [5.74, 6) is -1.05. The molecule has 1 saturated heterocycles. The number of likely N-dealkylation sites (N-methyl/N-ethyl adjacent to an activating group) is 1. The van der Waals surface area contributed by atoms with E-state index in [2.05, 4.69) is 6.07 Å². The summed E-state index contributed by atoms with van der Waals surface area (Å²) in [6, 6.07) is 19.0. The molecule has 0 radical (unpaired) electrons. The number of aliphatic hydroxyl groups excluding tert-OH is 1. The Balaban J connectivity index is 1.66. The molecule has 1 aliphatic heterocycles. The molecule has 3 aromatic carbocycles.